The summed E-state index contributed by atoms with van der Waals surface area (Å²) in [6.45, 7) is 4.41. The fourth-order valence-corrected chi connectivity index (χ4v) is 10.7. The molecule has 0 bridgehead atoms. The van der Waals surface area contributed by atoms with Gasteiger partial charge in [0.15, 0.2) is 8.07 Å². The predicted molar refractivity (Wildman–Crippen MR) is 146 cm³/mol. The molecule has 33 heavy (non-hydrogen) atoms. The Bertz CT molecular complexity index is 1280. The van der Waals surface area contributed by atoms with Crippen LogP contribution >= 0.6 is 0 Å². The third kappa shape index (κ3) is 3.23. The van der Waals surface area contributed by atoms with Crippen LogP contribution in [0, 0.1) is 13.8 Å². The van der Waals surface area contributed by atoms with Crippen molar-refractivity contribution in [2.45, 2.75) is 13.8 Å². The van der Waals surface area contributed by atoms with Gasteiger partial charge in [-0.2, -0.15) is 0 Å². The average molecular weight is 445 g/mol. The number of aryl methyl sites for hydroxylation is 2. The van der Waals surface area contributed by atoms with Crippen LogP contribution in [-0.2, 0) is 0 Å². The molecule has 0 radical (unpaired) electrons. The summed E-state index contributed by atoms with van der Waals surface area (Å²) in [5, 5.41) is 5.77. The normalized spacial score (nSPS) is 14.1. The van der Waals surface area contributed by atoms with Crippen molar-refractivity contribution < 1.29 is 0 Å². The summed E-state index contributed by atoms with van der Waals surface area (Å²) < 4.78 is 0. The molecule has 0 unspecified atom stereocenters. The van der Waals surface area contributed by atoms with Crippen LogP contribution in [0.15, 0.2) is 94.9 Å². The van der Waals surface area contributed by atoms with Gasteiger partial charge in [0.05, 0.1) is 0 Å². The lowest BCUT2D eigenvalue weighted by Gasteiger charge is -2.32. The van der Waals surface area contributed by atoms with Gasteiger partial charge in [0, 0.05) is 26.5 Å². The third-order valence-electron chi connectivity index (χ3n) is 6.86. The van der Waals surface area contributed by atoms with E-state index in [2.05, 4.69) is 109 Å². The zero-order valence-corrected chi connectivity index (χ0v) is 20.6. The predicted octanol–water partition coefficient (Wildman–Crippen LogP) is 3.76. The van der Waals surface area contributed by atoms with Gasteiger partial charge in [0.1, 0.15) is 0 Å². The van der Waals surface area contributed by atoms with Crippen molar-refractivity contribution in [3.05, 3.63) is 107 Å². The molecule has 0 atom stereocenters. The Hall–Kier alpha value is -3.56. The first-order valence-electron chi connectivity index (χ1n) is 11.4. The van der Waals surface area contributed by atoms with Gasteiger partial charge in [-0.25, -0.2) is 0 Å². The quantitative estimate of drug-likeness (QED) is 0.298. The van der Waals surface area contributed by atoms with Gasteiger partial charge in [-0.15, -0.1) is 0 Å². The lowest BCUT2D eigenvalue weighted by molar-refractivity contribution is 1.41. The minimum absolute atomic E-state index is 1.18. The zero-order valence-electron chi connectivity index (χ0n) is 19.6. The molecule has 5 rings (SSSR count). The van der Waals surface area contributed by atoms with E-state index in [1.54, 1.807) is 0 Å². The van der Waals surface area contributed by atoms with E-state index in [0.717, 1.165) is 0 Å². The van der Waals surface area contributed by atoms with Crippen molar-refractivity contribution in [2.24, 2.45) is 9.98 Å². The van der Waals surface area contributed by atoms with Crippen LogP contribution in [0.5, 0.6) is 0 Å². The zero-order chi connectivity index (χ0) is 23.0. The van der Waals surface area contributed by atoms with Crippen LogP contribution in [0.1, 0.15) is 22.3 Å². The highest BCUT2D eigenvalue weighted by molar-refractivity contribution is 7.22. The molecule has 1 aliphatic heterocycles. The number of benzene rings is 4. The van der Waals surface area contributed by atoms with Gasteiger partial charge in [-0.3, -0.25) is 9.98 Å². The second kappa shape index (κ2) is 8.42. The number of hydrogen-bond donors (Lipinski definition) is 0. The standard InChI is InChI=1S/C30H28N2Si/c1-21-15-29-27(17-23(21)19-31-3)28-18-24(20-32-4)22(2)16-30(28)33(29,25-11-7-5-8-12-25)26-13-9-6-10-14-26/h5-20H,1-4H3. The highest BCUT2D eigenvalue weighted by Gasteiger charge is 2.49. The van der Waals surface area contributed by atoms with Gasteiger partial charge in [0.25, 0.3) is 0 Å². The van der Waals surface area contributed by atoms with E-state index in [4.69, 9.17) is 0 Å². The van der Waals surface area contributed by atoms with E-state index in [-0.39, 0.29) is 0 Å². The van der Waals surface area contributed by atoms with E-state index in [0.29, 0.717) is 0 Å². The van der Waals surface area contributed by atoms with Crippen LogP contribution in [0.4, 0.5) is 0 Å². The fourth-order valence-electron chi connectivity index (χ4n) is 5.38. The Labute approximate surface area is 197 Å². The number of rotatable bonds is 4. The van der Waals surface area contributed by atoms with Crippen molar-refractivity contribution in [1.82, 2.24) is 0 Å². The molecule has 4 aromatic carbocycles. The van der Waals surface area contributed by atoms with E-state index in [1.807, 2.05) is 26.5 Å². The molecule has 0 N–H and O–H groups in total. The second-order valence-corrected chi connectivity index (χ2v) is 12.5. The molecule has 0 amide bonds. The number of hydrogen-bond acceptors (Lipinski definition) is 2. The van der Waals surface area contributed by atoms with Gasteiger partial charge in [0.2, 0.25) is 0 Å². The fraction of sp³-hybridized carbons (Fsp3) is 0.133. The third-order valence-corrected chi connectivity index (χ3v) is 11.7. The summed E-state index contributed by atoms with van der Waals surface area (Å²) in [4.78, 5) is 8.65. The monoisotopic (exact) mass is 444 g/mol. The smallest absolute Gasteiger partial charge is 0.180 e. The van der Waals surface area contributed by atoms with Gasteiger partial charge >= 0.3 is 0 Å². The Balaban J connectivity index is 1.98. The Morgan fingerprint density at radius 3 is 1.33 bits per heavy atom. The largest absolute Gasteiger partial charge is 0.296 e. The Morgan fingerprint density at radius 1 is 0.576 bits per heavy atom. The summed E-state index contributed by atoms with van der Waals surface area (Å²) in [5.41, 5.74) is 7.55. The molecule has 0 aromatic heterocycles. The minimum Gasteiger partial charge on any atom is -0.296 e. The lowest BCUT2D eigenvalue weighted by atomic mass is 9.97. The number of aliphatic imine (C=N–C) groups is 2. The molecule has 0 saturated heterocycles. The average Bonchev–Trinajstić information content (AvgIpc) is 3.10. The second-order valence-electron chi connectivity index (χ2n) is 8.77. The molecule has 0 spiro atoms. The summed E-state index contributed by atoms with van der Waals surface area (Å²) >= 11 is 0. The van der Waals surface area contributed by atoms with Gasteiger partial charge in [-0.1, -0.05) is 72.8 Å². The van der Waals surface area contributed by atoms with Crippen LogP contribution < -0.4 is 20.7 Å². The SMILES string of the molecule is CN=Cc1cc2c(cc1C)[Si](c1ccccc1)(c1ccccc1)c1cc(C)c(C=NC)cc1-2. The van der Waals surface area contributed by atoms with E-state index in [1.165, 1.54) is 54.1 Å². The number of fused-ring (bicyclic) bond motifs is 3. The van der Waals surface area contributed by atoms with Gasteiger partial charge in [-0.05, 0) is 80.1 Å². The maximum atomic E-state index is 4.33. The van der Waals surface area contributed by atoms with E-state index < -0.39 is 8.07 Å². The van der Waals surface area contributed by atoms with Crippen molar-refractivity contribution in [2.75, 3.05) is 14.1 Å². The van der Waals surface area contributed by atoms with Gasteiger partial charge < -0.3 is 0 Å². The topological polar surface area (TPSA) is 24.7 Å². The molecule has 1 aliphatic rings. The summed E-state index contributed by atoms with van der Waals surface area (Å²) in [6.07, 6.45) is 3.95. The highest BCUT2D eigenvalue weighted by Crippen LogP contribution is 2.32. The molecular weight excluding hydrogens is 416 g/mol. The molecular formula is C30H28N2Si. The summed E-state index contributed by atoms with van der Waals surface area (Å²) in [7, 11) is 1.21. The molecule has 162 valence electrons. The summed E-state index contributed by atoms with van der Waals surface area (Å²) in [5.74, 6) is 0. The minimum atomic E-state index is -2.47. The van der Waals surface area contributed by atoms with Crippen LogP contribution in [0.3, 0.4) is 0 Å². The maximum absolute atomic E-state index is 4.33. The summed E-state index contributed by atoms with van der Waals surface area (Å²) in [6, 6.07) is 31.8. The lowest BCUT2D eigenvalue weighted by Crippen LogP contribution is -2.72. The van der Waals surface area contributed by atoms with Crippen molar-refractivity contribution >= 4 is 41.2 Å². The molecule has 1 heterocycles. The Kier molecular flexibility index (Phi) is 5.43. The molecule has 2 nitrogen and oxygen atoms in total. The first-order chi connectivity index (χ1) is 16.1. The highest BCUT2D eigenvalue weighted by atomic mass is 28.3. The Morgan fingerprint density at radius 2 is 0.970 bits per heavy atom. The van der Waals surface area contributed by atoms with Crippen LogP contribution in [-0.4, -0.2) is 34.6 Å². The number of nitrogens with zero attached hydrogens (tertiary/aromatic N) is 2. The molecule has 3 heteroatoms. The van der Waals surface area contributed by atoms with Crippen molar-refractivity contribution in [3.63, 3.8) is 0 Å². The maximum Gasteiger partial charge on any atom is 0.180 e. The van der Waals surface area contributed by atoms with Crippen molar-refractivity contribution in [1.29, 1.82) is 0 Å². The molecule has 4 aromatic rings. The molecule has 0 aliphatic carbocycles. The van der Waals surface area contributed by atoms with Crippen LogP contribution in [0.25, 0.3) is 11.1 Å². The van der Waals surface area contributed by atoms with E-state index in [9.17, 15) is 0 Å². The molecule has 0 fully saturated rings. The first kappa shape index (κ1) is 21.3. The van der Waals surface area contributed by atoms with Crippen molar-refractivity contribution in [3.8, 4) is 11.1 Å². The molecule has 0 saturated carbocycles. The first-order valence-corrected chi connectivity index (χ1v) is 13.4. The van der Waals surface area contributed by atoms with E-state index >= 15 is 0 Å². The van der Waals surface area contributed by atoms with Crippen LogP contribution in [0.2, 0.25) is 0 Å².